The fourth-order valence-corrected chi connectivity index (χ4v) is 8.31. The molecule has 0 amide bonds. The molecule has 7 nitrogen and oxygen atoms in total. The van der Waals surface area contributed by atoms with Crippen LogP contribution in [0.5, 0.6) is 5.75 Å². The highest BCUT2D eigenvalue weighted by molar-refractivity contribution is 5.87. The molecule has 0 aromatic heterocycles. The lowest BCUT2D eigenvalue weighted by Crippen LogP contribution is -2.28. The second kappa shape index (κ2) is 23.6. The monoisotopic (exact) mass is 797 g/mol. The molecule has 0 bridgehead atoms. The number of allylic oxidation sites excluding steroid dienone is 4. The summed E-state index contributed by atoms with van der Waals surface area (Å²) in [6.45, 7) is 17.5. The van der Waals surface area contributed by atoms with Gasteiger partial charge < -0.3 is 24.4 Å². The average Bonchev–Trinajstić information content (AvgIpc) is 3.24. The summed E-state index contributed by atoms with van der Waals surface area (Å²) >= 11 is 0. The molecule has 0 spiro atoms. The number of hydrogen-bond donors (Lipinski definition) is 2. The zero-order valence-electron chi connectivity index (χ0n) is 36.3. The first-order valence-electron chi connectivity index (χ1n) is 22.1. The second-order valence-electron chi connectivity index (χ2n) is 17.3. The largest absolute Gasteiger partial charge is 0.493 e. The molecule has 7 heteroatoms. The Morgan fingerprint density at radius 2 is 1.40 bits per heavy atom. The molecule has 0 heterocycles. The molecule has 1 saturated carbocycles. The zero-order chi connectivity index (χ0) is 42.1. The standard InChI is InChI=1S/C51H72O7/c1-8-10-11-14-38-17-19-40(20-18-38)41-21-23-42(24-22-41)43-25-26-47(39(9-2)31-43)46-32-44(15-12-28-57-49(54)36(3)4)48(56-30-27-51(7,34-52)35-53)45(33-46)16-13-29-58-50(55)37(5)6/h21,23-26,31-33,38,40-41,52-53H,3,5,8-20,22,27-30,34-35H2,1-2,4,6-7H3. The van der Waals surface area contributed by atoms with Gasteiger partial charge in [-0.1, -0.05) is 109 Å². The molecule has 1 unspecified atom stereocenters. The number of aryl methyl sites for hydroxylation is 3. The third-order valence-electron chi connectivity index (χ3n) is 12.3. The number of aliphatic hydroxyl groups is 2. The minimum Gasteiger partial charge on any atom is -0.493 e. The maximum absolute atomic E-state index is 12.2. The Balaban J connectivity index is 1.60. The van der Waals surface area contributed by atoms with E-state index in [1.807, 2.05) is 6.92 Å². The molecule has 2 aliphatic rings. The summed E-state index contributed by atoms with van der Waals surface area (Å²) in [6.07, 6.45) is 23.1. The summed E-state index contributed by atoms with van der Waals surface area (Å²) in [7, 11) is 0. The maximum Gasteiger partial charge on any atom is 0.333 e. The van der Waals surface area contributed by atoms with Crippen LogP contribution in [0, 0.1) is 23.2 Å². The van der Waals surface area contributed by atoms with Crippen molar-refractivity contribution >= 4 is 17.5 Å². The first-order chi connectivity index (χ1) is 27.9. The average molecular weight is 797 g/mol. The highest BCUT2D eigenvalue weighted by atomic mass is 16.5. The van der Waals surface area contributed by atoms with Crippen LogP contribution in [0.4, 0.5) is 0 Å². The maximum atomic E-state index is 12.2. The van der Waals surface area contributed by atoms with Gasteiger partial charge in [-0.2, -0.15) is 0 Å². The number of carbonyl (C=O) groups excluding carboxylic acids is 2. The lowest BCUT2D eigenvalue weighted by Gasteiger charge is -2.33. The van der Waals surface area contributed by atoms with E-state index in [4.69, 9.17) is 14.2 Å². The van der Waals surface area contributed by atoms with Gasteiger partial charge in [0, 0.05) is 16.6 Å². The Morgan fingerprint density at radius 1 is 0.793 bits per heavy atom. The zero-order valence-corrected chi connectivity index (χ0v) is 36.3. The molecular weight excluding hydrogens is 725 g/mol. The van der Waals surface area contributed by atoms with Crippen LogP contribution in [-0.2, 0) is 38.3 Å². The summed E-state index contributed by atoms with van der Waals surface area (Å²) in [5, 5.41) is 19.9. The van der Waals surface area contributed by atoms with Gasteiger partial charge in [-0.05, 0) is 140 Å². The van der Waals surface area contributed by atoms with E-state index in [0.29, 0.717) is 55.8 Å². The van der Waals surface area contributed by atoms with Gasteiger partial charge in [0.2, 0.25) is 0 Å². The van der Waals surface area contributed by atoms with Crippen molar-refractivity contribution in [2.24, 2.45) is 23.2 Å². The second-order valence-corrected chi connectivity index (χ2v) is 17.3. The highest BCUT2D eigenvalue weighted by Crippen LogP contribution is 2.41. The molecule has 318 valence electrons. The fraction of sp³-hybridized carbons (Fsp3) is 0.569. The molecule has 2 aliphatic carbocycles. The molecule has 2 aromatic carbocycles. The Morgan fingerprint density at radius 3 is 1.91 bits per heavy atom. The number of hydrogen-bond acceptors (Lipinski definition) is 7. The number of esters is 2. The van der Waals surface area contributed by atoms with Gasteiger partial charge in [-0.25, -0.2) is 9.59 Å². The van der Waals surface area contributed by atoms with Crippen LogP contribution >= 0.6 is 0 Å². The smallest absolute Gasteiger partial charge is 0.333 e. The summed E-state index contributed by atoms with van der Waals surface area (Å²) in [5.41, 5.74) is 8.04. The lowest BCUT2D eigenvalue weighted by atomic mass is 9.72. The van der Waals surface area contributed by atoms with E-state index in [9.17, 15) is 19.8 Å². The van der Waals surface area contributed by atoms with E-state index in [2.05, 4.69) is 75.6 Å². The van der Waals surface area contributed by atoms with Gasteiger partial charge in [0.15, 0.2) is 0 Å². The predicted octanol–water partition coefficient (Wildman–Crippen LogP) is 11.1. The molecule has 0 radical (unpaired) electrons. The third-order valence-corrected chi connectivity index (χ3v) is 12.3. The van der Waals surface area contributed by atoms with Crippen LogP contribution in [0.15, 0.2) is 72.9 Å². The predicted molar refractivity (Wildman–Crippen MR) is 237 cm³/mol. The Bertz CT molecular complexity index is 1680. The molecule has 1 fully saturated rings. The van der Waals surface area contributed by atoms with E-state index in [-0.39, 0.29) is 26.4 Å². The van der Waals surface area contributed by atoms with Crippen LogP contribution in [0.2, 0.25) is 0 Å². The fourth-order valence-electron chi connectivity index (χ4n) is 8.31. The quantitative estimate of drug-likeness (QED) is 0.0619. The summed E-state index contributed by atoms with van der Waals surface area (Å²) in [6, 6.07) is 11.2. The SMILES string of the molecule is C=C(C)C(=O)OCCCc1cc(-c2ccc(C3=CCC(C4CCC(CCCCC)CC4)C=C3)cc2CC)cc(CCCOC(=O)C(=C)C)c1OCCC(C)(CO)CO. The van der Waals surface area contributed by atoms with Crippen LogP contribution < -0.4 is 4.74 Å². The summed E-state index contributed by atoms with van der Waals surface area (Å²) < 4.78 is 17.5. The Labute approximate surface area is 349 Å². The van der Waals surface area contributed by atoms with Crippen molar-refractivity contribution in [3.05, 3.63) is 95.1 Å². The van der Waals surface area contributed by atoms with Crippen LogP contribution in [0.25, 0.3) is 16.7 Å². The lowest BCUT2D eigenvalue weighted by molar-refractivity contribution is -0.139. The molecule has 2 aromatic rings. The van der Waals surface area contributed by atoms with Gasteiger partial charge in [0.25, 0.3) is 0 Å². The van der Waals surface area contributed by atoms with Crippen molar-refractivity contribution in [2.75, 3.05) is 33.0 Å². The topological polar surface area (TPSA) is 102 Å². The van der Waals surface area contributed by atoms with Gasteiger partial charge in [-0.15, -0.1) is 0 Å². The van der Waals surface area contributed by atoms with Gasteiger partial charge in [0.05, 0.1) is 33.0 Å². The first-order valence-corrected chi connectivity index (χ1v) is 22.1. The minimum absolute atomic E-state index is 0.156. The number of ether oxygens (including phenoxy) is 3. The van der Waals surface area contributed by atoms with E-state index in [1.54, 1.807) is 13.8 Å². The minimum atomic E-state index is -0.678. The molecule has 1 atom stereocenters. The number of carbonyl (C=O) groups is 2. The summed E-state index contributed by atoms with van der Waals surface area (Å²) in [5.74, 6) is 2.29. The van der Waals surface area contributed by atoms with Crippen molar-refractivity contribution in [1.29, 1.82) is 0 Å². The van der Waals surface area contributed by atoms with Crippen molar-refractivity contribution in [3.63, 3.8) is 0 Å². The Hall–Kier alpha value is -3.94. The molecule has 0 aliphatic heterocycles. The molecule has 2 N–H and O–H groups in total. The first kappa shape index (κ1) is 46.7. The summed E-state index contributed by atoms with van der Waals surface area (Å²) in [4.78, 5) is 24.3. The molecule has 58 heavy (non-hydrogen) atoms. The normalized spacial score (nSPS) is 18.1. The van der Waals surface area contributed by atoms with E-state index in [1.165, 1.54) is 68.1 Å². The molecule has 4 rings (SSSR count). The van der Waals surface area contributed by atoms with Crippen LogP contribution in [-0.4, -0.2) is 55.2 Å². The highest BCUT2D eigenvalue weighted by Gasteiger charge is 2.27. The van der Waals surface area contributed by atoms with Crippen molar-refractivity contribution < 1.29 is 34.0 Å². The van der Waals surface area contributed by atoms with Gasteiger partial charge in [-0.3, -0.25) is 0 Å². The number of rotatable bonds is 24. The van der Waals surface area contributed by atoms with Crippen molar-refractivity contribution in [1.82, 2.24) is 0 Å². The van der Waals surface area contributed by atoms with Gasteiger partial charge in [0.1, 0.15) is 5.75 Å². The van der Waals surface area contributed by atoms with E-state index >= 15 is 0 Å². The van der Waals surface area contributed by atoms with E-state index < -0.39 is 17.4 Å². The van der Waals surface area contributed by atoms with Crippen LogP contribution in [0.3, 0.4) is 0 Å². The number of benzene rings is 2. The van der Waals surface area contributed by atoms with E-state index in [0.717, 1.165) is 52.7 Å². The van der Waals surface area contributed by atoms with Crippen LogP contribution in [0.1, 0.15) is 134 Å². The molecule has 0 saturated heterocycles. The van der Waals surface area contributed by atoms with Crippen molar-refractivity contribution in [3.8, 4) is 16.9 Å². The Kier molecular flexibility index (Phi) is 19.0. The molecular formula is C51H72O7. The third kappa shape index (κ3) is 13.8. The number of unbranched alkanes of at least 4 members (excludes halogenated alkanes) is 2. The number of aliphatic hydroxyl groups excluding tert-OH is 2. The van der Waals surface area contributed by atoms with Crippen molar-refractivity contribution in [2.45, 2.75) is 131 Å². The van der Waals surface area contributed by atoms with Gasteiger partial charge >= 0.3 is 11.9 Å².